The van der Waals surface area contributed by atoms with Gasteiger partial charge in [-0.05, 0) is 55.2 Å². The van der Waals surface area contributed by atoms with Gasteiger partial charge in [0.25, 0.3) is 0 Å². The molecule has 1 aromatic rings. The van der Waals surface area contributed by atoms with Gasteiger partial charge >= 0.3 is 0 Å². The van der Waals surface area contributed by atoms with Crippen LogP contribution >= 0.6 is 0 Å². The summed E-state index contributed by atoms with van der Waals surface area (Å²) in [5.74, 6) is 1.77. The van der Waals surface area contributed by atoms with Gasteiger partial charge in [-0.2, -0.15) is 0 Å². The van der Waals surface area contributed by atoms with Crippen LogP contribution in [0, 0.1) is 5.41 Å². The molecule has 3 rings (SSSR count). The molecule has 1 aromatic carbocycles. The van der Waals surface area contributed by atoms with Crippen LogP contribution in [0.3, 0.4) is 0 Å². The lowest BCUT2D eigenvalue weighted by molar-refractivity contribution is 0.175. The molecule has 2 heteroatoms. The van der Waals surface area contributed by atoms with Crippen molar-refractivity contribution >= 4 is 0 Å². The maximum atomic E-state index is 5.49. The third-order valence-electron chi connectivity index (χ3n) is 4.37. The summed E-state index contributed by atoms with van der Waals surface area (Å²) < 4.78 is 5.49. The van der Waals surface area contributed by atoms with Gasteiger partial charge in [-0.15, -0.1) is 0 Å². The number of nitrogens with one attached hydrogen (secondary N) is 1. The molecule has 1 aliphatic carbocycles. The second-order valence-electron chi connectivity index (χ2n) is 5.55. The molecular weight excluding hydrogens is 210 g/mol. The number of hydrogen-bond acceptors (Lipinski definition) is 2. The molecular formula is C15H21NO. The van der Waals surface area contributed by atoms with Crippen molar-refractivity contribution in [1.29, 1.82) is 0 Å². The number of rotatable bonds is 3. The smallest absolute Gasteiger partial charge is 0.119 e. The molecule has 2 fully saturated rings. The minimum Gasteiger partial charge on any atom is -0.494 e. The Kier molecular flexibility index (Phi) is 2.83. The SMILES string of the molecule is CCOc1ccc(C2CCC3(CNC3)C2)cc1. The highest BCUT2D eigenvalue weighted by Gasteiger charge is 2.43. The van der Waals surface area contributed by atoms with Crippen LogP contribution in [0.1, 0.15) is 37.7 Å². The highest BCUT2D eigenvalue weighted by atomic mass is 16.5. The van der Waals surface area contributed by atoms with E-state index in [1.165, 1.54) is 37.9 Å². The molecule has 0 bridgehead atoms. The van der Waals surface area contributed by atoms with Crippen LogP contribution in [0.25, 0.3) is 0 Å². The largest absolute Gasteiger partial charge is 0.494 e. The van der Waals surface area contributed by atoms with Crippen LogP contribution in [0.15, 0.2) is 24.3 Å². The van der Waals surface area contributed by atoms with Gasteiger partial charge in [0.15, 0.2) is 0 Å². The second-order valence-corrected chi connectivity index (χ2v) is 5.55. The van der Waals surface area contributed by atoms with Crippen molar-refractivity contribution < 1.29 is 4.74 Å². The van der Waals surface area contributed by atoms with E-state index in [1.54, 1.807) is 0 Å². The summed E-state index contributed by atoms with van der Waals surface area (Å²) in [6.07, 6.45) is 4.13. The van der Waals surface area contributed by atoms with E-state index >= 15 is 0 Å². The van der Waals surface area contributed by atoms with E-state index in [-0.39, 0.29) is 0 Å². The molecule has 1 N–H and O–H groups in total. The first-order chi connectivity index (χ1) is 8.31. The molecule has 1 heterocycles. The lowest BCUT2D eigenvalue weighted by Crippen LogP contribution is -2.51. The van der Waals surface area contributed by atoms with E-state index in [2.05, 4.69) is 29.6 Å². The molecule has 1 spiro atoms. The normalized spacial score (nSPS) is 25.8. The number of ether oxygens (including phenoxy) is 1. The maximum Gasteiger partial charge on any atom is 0.119 e. The molecule has 1 aliphatic heterocycles. The van der Waals surface area contributed by atoms with Gasteiger partial charge in [0.1, 0.15) is 5.75 Å². The van der Waals surface area contributed by atoms with Gasteiger partial charge in [0, 0.05) is 13.1 Å². The van der Waals surface area contributed by atoms with Crippen molar-refractivity contribution in [3.63, 3.8) is 0 Å². The molecule has 2 nitrogen and oxygen atoms in total. The molecule has 0 radical (unpaired) electrons. The average molecular weight is 231 g/mol. The van der Waals surface area contributed by atoms with E-state index in [9.17, 15) is 0 Å². The third kappa shape index (κ3) is 2.06. The van der Waals surface area contributed by atoms with E-state index in [1.807, 2.05) is 6.92 Å². The molecule has 17 heavy (non-hydrogen) atoms. The Labute approximate surface area is 103 Å². The maximum absolute atomic E-state index is 5.49. The van der Waals surface area contributed by atoms with Gasteiger partial charge in [-0.25, -0.2) is 0 Å². The Hall–Kier alpha value is -1.02. The fraction of sp³-hybridized carbons (Fsp3) is 0.600. The zero-order valence-corrected chi connectivity index (χ0v) is 10.5. The molecule has 0 aromatic heterocycles. The van der Waals surface area contributed by atoms with E-state index in [0.717, 1.165) is 18.3 Å². The monoisotopic (exact) mass is 231 g/mol. The zero-order chi connectivity index (χ0) is 11.7. The zero-order valence-electron chi connectivity index (χ0n) is 10.5. The van der Waals surface area contributed by atoms with Crippen LogP contribution in [0.2, 0.25) is 0 Å². The molecule has 2 aliphatic rings. The summed E-state index contributed by atoms with van der Waals surface area (Å²) in [5, 5.41) is 3.42. The number of hydrogen-bond donors (Lipinski definition) is 1. The van der Waals surface area contributed by atoms with Gasteiger partial charge in [-0.1, -0.05) is 12.1 Å². The minimum atomic E-state index is 0.642. The summed E-state index contributed by atoms with van der Waals surface area (Å²) in [6.45, 7) is 5.25. The van der Waals surface area contributed by atoms with Crippen LogP contribution in [-0.2, 0) is 0 Å². The summed E-state index contributed by atoms with van der Waals surface area (Å²) in [4.78, 5) is 0. The molecule has 1 unspecified atom stereocenters. The fourth-order valence-electron chi connectivity index (χ4n) is 3.29. The molecule has 1 saturated carbocycles. The highest BCUT2D eigenvalue weighted by molar-refractivity contribution is 5.30. The average Bonchev–Trinajstić information content (AvgIpc) is 2.75. The van der Waals surface area contributed by atoms with Crippen LogP contribution in [0.4, 0.5) is 0 Å². The summed E-state index contributed by atoms with van der Waals surface area (Å²) >= 11 is 0. The van der Waals surface area contributed by atoms with Crippen molar-refractivity contribution in [3.05, 3.63) is 29.8 Å². The highest BCUT2D eigenvalue weighted by Crippen LogP contribution is 2.48. The minimum absolute atomic E-state index is 0.642. The lowest BCUT2D eigenvalue weighted by atomic mass is 9.79. The van der Waals surface area contributed by atoms with E-state index in [0.29, 0.717) is 5.41 Å². The Morgan fingerprint density at radius 2 is 2.06 bits per heavy atom. The first kappa shape index (κ1) is 11.1. The van der Waals surface area contributed by atoms with Crippen molar-refractivity contribution in [2.24, 2.45) is 5.41 Å². The Morgan fingerprint density at radius 1 is 1.29 bits per heavy atom. The predicted molar refractivity (Wildman–Crippen MR) is 69.5 cm³/mol. The lowest BCUT2D eigenvalue weighted by Gasteiger charge is -2.39. The van der Waals surface area contributed by atoms with Crippen LogP contribution in [0.5, 0.6) is 5.75 Å². The predicted octanol–water partition coefficient (Wildman–Crippen LogP) is 2.94. The first-order valence-corrected chi connectivity index (χ1v) is 6.75. The van der Waals surface area contributed by atoms with E-state index in [4.69, 9.17) is 4.74 Å². The van der Waals surface area contributed by atoms with Gasteiger partial charge in [0.05, 0.1) is 6.61 Å². The molecule has 1 atom stereocenters. The molecule has 0 amide bonds. The van der Waals surface area contributed by atoms with Crippen molar-refractivity contribution in [1.82, 2.24) is 5.32 Å². The topological polar surface area (TPSA) is 21.3 Å². The molecule has 92 valence electrons. The van der Waals surface area contributed by atoms with Crippen molar-refractivity contribution in [3.8, 4) is 5.75 Å². The Morgan fingerprint density at radius 3 is 2.59 bits per heavy atom. The van der Waals surface area contributed by atoms with Crippen LogP contribution in [-0.4, -0.2) is 19.7 Å². The first-order valence-electron chi connectivity index (χ1n) is 6.75. The van der Waals surface area contributed by atoms with Gasteiger partial charge in [-0.3, -0.25) is 0 Å². The summed E-state index contributed by atoms with van der Waals surface area (Å²) in [6, 6.07) is 8.73. The summed E-state index contributed by atoms with van der Waals surface area (Å²) in [5.41, 5.74) is 2.14. The fourth-order valence-corrected chi connectivity index (χ4v) is 3.29. The van der Waals surface area contributed by atoms with Crippen LogP contribution < -0.4 is 10.1 Å². The van der Waals surface area contributed by atoms with E-state index < -0.39 is 0 Å². The Bertz CT molecular complexity index is 380. The second kappa shape index (κ2) is 4.34. The third-order valence-corrected chi connectivity index (χ3v) is 4.37. The van der Waals surface area contributed by atoms with Gasteiger partial charge < -0.3 is 10.1 Å². The van der Waals surface area contributed by atoms with Crippen molar-refractivity contribution in [2.45, 2.75) is 32.1 Å². The van der Waals surface area contributed by atoms with Gasteiger partial charge in [0.2, 0.25) is 0 Å². The standard InChI is InChI=1S/C15H21NO/c1-2-17-14-5-3-12(4-6-14)13-7-8-15(9-13)10-16-11-15/h3-6,13,16H,2,7-11H2,1H3. The Balaban J connectivity index is 1.68. The molecule has 1 saturated heterocycles. The quantitative estimate of drug-likeness (QED) is 0.863. The van der Waals surface area contributed by atoms with Crippen molar-refractivity contribution in [2.75, 3.05) is 19.7 Å². The summed E-state index contributed by atoms with van der Waals surface area (Å²) in [7, 11) is 0. The number of benzene rings is 1.